The molecule has 334 valence electrons. The molecule has 2 aromatic carbocycles. The Hall–Kier alpha value is -6.30. The SMILES string of the molecule is Cc1ncsc1-c1ccc(CNC(=O)[C@@H]2C[C@@H](O)CN2C(=O)[C@@H](NC(=O)CN(C)Cc2cnc(N3CCC(c4c[nH]c5nnc(-c6ccccc6O)cc45)CC3)nc2)C(C)(C)C)cc1. The van der Waals surface area contributed by atoms with Crippen molar-refractivity contribution in [3.63, 3.8) is 0 Å². The fourth-order valence-corrected chi connectivity index (χ4v) is 9.50. The molecule has 3 amide bonds. The van der Waals surface area contributed by atoms with E-state index in [0.29, 0.717) is 29.7 Å². The van der Waals surface area contributed by atoms with Gasteiger partial charge in [0.2, 0.25) is 23.7 Å². The van der Waals surface area contributed by atoms with Crippen molar-refractivity contribution in [2.24, 2.45) is 5.41 Å². The van der Waals surface area contributed by atoms with Crippen LogP contribution in [0.25, 0.3) is 32.7 Å². The molecule has 0 saturated carbocycles. The summed E-state index contributed by atoms with van der Waals surface area (Å²) in [5.74, 6) is 0.0128. The molecule has 2 aliphatic heterocycles. The topological polar surface area (TPSA) is 206 Å². The number of amides is 3. The highest BCUT2D eigenvalue weighted by atomic mass is 32.1. The molecular formula is C47H55N11O5S. The van der Waals surface area contributed by atoms with E-state index < -0.39 is 29.5 Å². The van der Waals surface area contributed by atoms with Crippen LogP contribution in [0.3, 0.4) is 0 Å². The lowest BCUT2D eigenvalue weighted by atomic mass is 9.85. The van der Waals surface area contributed by atoms with Crippen LogP contribution in [0, 0.1) is 12.3 Å². The molecule has 17 heteroatoms. The number of phenolic OH excluding ortho intramolecular Hbond substituents is 1. The number of hydrogen-bond acceptors (Lipinski definition) is 13. The van der Waals surface area contributed by atoms with Gasteiger partial charge in [-0.05, 0) is 73.0 Å². The maximum Gasteiger partial charge on any atom is 0.246 e. The van der Waals surface area contributed by atoms with Crippen LogP contribution >= 0.6 is 11.3 Å². The van der Waals surface area contributed by atoms with Crippen LogP contribution in [0.5, 0.6) is 5.75 Å². The standard InChI is InChI=1S/C47H55N11O5S/c1-28-41(64-27-52-28)32-12-10-29(11-13-32)20-49-44(62)38-18-33(59)25-58(38)45(63)42(47(2,3)4)53-40(61)26-56(5)24-30-21-50-46(51-22-30)57-16-14-31(15-17-57)36-23-48-43-35(36)19-37(54-55-43)34-8-6-7-9-39(34)60/h6-13,19,21-23,27,31,33,38,42,59-60H,14-18,20,24-26H2,1-5H3,(H,48,55)(H,49,62)(H,53,61)/t33-,38+,42-/m1/s1. The number of aromatic hydroxyl groups is 1. The van der Waals surface area contributed by atoms with E-state index >= 15 is 0 Å². The number of carbonyl (C=O) groups excluding carboxylic acids is 3. The second-order valence-corrected chi connectivity index (χ2v) is 18.9. The van der Waals surface area contributed by atoms with E-state index in [2.05, 4.69) is 45.7 Å². The van der Waals surface area contributed by atoms with Gasteiger partial charge in [-0.3, -0.25) is 19.3 Å². The highest BCUT2D eigenvalue weighted by Crippen LogP contribution is 2.36. The predicted molar refractivity (Wildman–Crippen MR) is 245 cm³/mol. The minimum Gasteiger partial charge on any atom is -0.507 e. The van der Waals surface area contributed by atoms with Gasteiger partial charge in [-0.25, -0.2) is 15.0 Å². The fraction of sp³-hybridized carbons (Fsp3) is 0.404. The summed E-state index contributed by atoms with van der Waals surface area (Å²) in [7, 11) is 1.82. The van der Waals surface area contributed by atoms with Gasteiger partial charge in [0.15, 0.2) is 5.65 Å². The number of likely N-dealkylation sites (N-methyl/N-ethyl adjacent to an activating group) is 1. The molecule has 3 atom stereocenters. The Morgan fingerprint density at radius 3 is 2.42 bits per heavy atom. The molecular weight excluding hydrogens is 831 g/mol. The molecule has 5 N–H and O–H groups in total. The highest BCUT2D eigenvalue weighted by Gasteiger charge is 2.44. The molecule has 0 radical (unpaired) electrons. The Kier molecular flexibility index (Phi) is 13.0. The molecule has 0 aliphatic carbocycles. The van der Waals surface area contributed by atoms with Crippen LogP contribution in [0.1, 0.15) is 68.3 Å². The van der Waals surface area contributed by atoms with E-state index in [1.54, 1.807) is 35.9 Å². The number of aromatic nitrogens is 6. The lowest BCUT2D eigenvalue weighted by molar-refractivity contribution is -0.144. The number of carbonyl (C=O) groups is 3. The Morgan fingerprint density at radius 2 is 1.73 bits per heavy atom. The number of thiazole rings is 1. The zero-order chi connectivity index (χ0) is 45.1. The van der Waals surface area contributed by atoms with Crippen LogP contribution in [-0.2, 0) is 27.5 Å². The molecule has 0 spiro atoms. The van der Waals surface area contributed by atoms with E-state index in [1.807, 2.05) is 93.8 Å². The maximum atomic E-state index is 14.1. The first-order chi connectivity index (χ1) is 30.7. The number of piperidine rings is 1. The summed E-state index contributed by atoms with van der Waals surface area (Å²) < 4.78 is 0. The van der Waals surface area contributed by atoms with Crippen LogP contribution in [-0.4, -0.2) is 119 Å². The number of fused-ring (bicyclic) bond motifs is 1. The summed E-state index contributed by atoms with van der Waals surface area (Å²) in [4.78, 5) is 64.6. The zero-order valence-corrected chi connectivity index (χ0v) is 37.6. The Labute approximate surface area is 376 Å². The smallest absolute Gasteiger partial charge is 0.246 e. The summed E-state index contributed by atoms with van der Waals surface area (Å²) in [6.45, 7) is 9.81. The largest absolute Gasteiger partial charge is 0.507 e. The number of hydrogen-bond donors (Lipinski definition) is 5. The van der Waals surface area contributed by atoms with Crippen molar-refractivity contribution in [3.05, 3.63) is 101 Å². The van der Waals surface area contributed by atoms with Gasteiger partial charge in [-0.2, -0.15) is 0 Å². The van der Waals surface area contributed by atoms with Gasteiger partial charge in [0.1, 0.15) is 17.8 Å². The molecule has 2 fully saturated rings. The quantitative estimate of drug-likeness (QED) is 0.102. The number of likely N-dealkylation sites (tertiary alicyclic amines) is 1. The average molecular weight is 886 g/mol. The number of aryl methyl sites for hydroxylation is 1. The number of aliphatic hydroxyl groups is 1. The van der Waals surface area contributed by atoms with E-state index in [4.69, 9.17) is 0 Å². The van der Waals surface area contributed by atoms with E-state index in [-0.39, 0.29) is 43.6 Å². The number of aromatic amines is 1. The molecule has 8 rings (SSSR count). The highest BCUT2D eigenvalue weighted by molar-refractivity contribution is 7.13. The monoisotopic (exact) mass is 885 g/mol. The number of benzene rings is 2. The molecule has 2 saturated heterocycles. The van der Waals surface area contributed by atoms with Crippen LogP contribution < -0.4 is 15.5 Å². The second-order valence-electron chi connectivity index (χ2n) is 18.0. The lowest BCUT2D eigenvalue weighted by Gasteiger charge is -2.35. The third kappa shape index (κ3) is 9.91. The van der Waals surface area contributed by atoms with E-state index in [1.165, 1.54) is 10.5 Å². The van der Waals surface area contributed by atoms with Crippen LogP contribution in [0.4, 0.5) is 5.95 Å². The molecule has 6 aromatic rings. The van der Waals surface area contributed by atoms with E-state index in [9.17, 15) is 24.6 Å². The van der Waals surface area contributed by atoms with Crippen molar-refractivity contribution in [1.29, 1.82) is 0 Å². The molecule has 4 aromatic heterocycles. The third-order valence-electron chi connectivity index (χ3n) is 12.1. The van der Waals surface area contributed by atoms with Crippen molar-refractivity contribution < 1.29 is 24.6 Å². The number of phenols is 1. The number of β-amino-alcohol motifs (C(OH)–C–C–N with tert-alkyl or cyclic N) is 1. The maximum absolute atomic E-state index is 14.1. The van der Waals surface area contributed by atoms with Gasteiger partial charge >= 0.3 is 0 Å². The molecule has 2 aliphatic rings. The van der Waals surface area contributed by atoms with Crippen LogP contribution in [0.2, 0.25) is 0 Å². The van der Waals surface area contributed by atoms with Gasteiger partial charge in [0, 0.05) is 74.2 Å². The van der Waals surface area contributed by atoms with Gasteiger partial charge in [-0.1, -0.05) is 57.2 Å². The summed E-state index contributed by atoms with van der Waals surface area (Å²) in [6, 6.07) is 15.2. The Morgan fingerprint density at radius 1 is 1.00 bits per heavy atom. The number of aliphatic hydroxyl groups excluding tert-OH is 1. The van der Waals surface area contributed by atoms with Gasteiger partial charge in [0.25, 0.3) is 0 Å². The summed E-state index contributed by atoms with van der Waals surface area (Å²) in [6.07, 6.45) is 6.63. The number of nitrogens with one attached hydrogen (secondary N) is 3. The minimum atomic E-state index is -0.936. The first-order valence-corrected chi connectivity index (χ1v) is 22.5. The van der Waals surface area contributed by atoms with Gasteiger partial charge < -0.3 is 35.6 Å². The van der Waals surface area contributed by atoms with Crippen LogP contribution in [0.15, 0.2) is 78.7 Å². The summed E-state index contributed by atoms with van der Waals surface area (Å²) >= 11 is 1.58. The Balaban J connectivity index is 0.823. The van der Waals surface area contributed by atoms with Crippen molar-refractivity contribution in [3.8, 4) is 27.4 Å². The van der Waals surface area contributed by atoms with Gasteiger partial charge in [0.05, 0.1) is 34.4 Å². The number of H-pyrrole nitrogens is 1. The Bertz CT molecular complexity index is 2600. The first kappa shape index (κ1) is 44.3. The molecule has 0 bridgehead atoms. The number of nitrogens with zero attached hydrogens (tertiary/aromatic N) is 8. The third-order valence-corrected chi connectivity index (χ3v) is 13.1. The minimum absolute atomic E-state index is 0.00138. The normalized spacial score (nSPS) is 17.5. The van der Waals surface area contributed by atoms with Crippen molar-refractivity contribution in [1.82, 2.24) is 50.6 Å². The number of anilines is 1. The van der Waals surface area contributed by atoms with Gasteiger partial charge in [-0.15, -0.1) is 21.5 Å². The average Bonchev–Trinajstić information content (AvgIpc) is 4.02. The predicted octanol–water partition coefficient (Wildman–Crippen LogP) is 5.18. The number of rotatable bonds is 13. The summed E-state index contributed by atoms with van der Waals surface area (Å²) in [5, 5.41) is 36.6. The zero-order valence-electron chi connectivity index (χ0n) is 36.8. The second kappa shape index (κ2) is 18.8. The van der Waals surface area contributed by atoms with E-state index in [0.717, 1.165) is 64.2 Å². The molecule has 6 heterocycles. The molecule has 16 nitrogen and oxygen atoms in total. The fourth-order valence-electron chi connectivity index (χ4n) is 8.68. The first-order valence-electron chi connectivity index (χ1n) is 21.6. The van der Waals surface area contributed by atoms with Crippen molar-refractivity contribution in [2.45, 2.75) is 84.2 Å². The van der Waals surface area contributed by atoms with Crippen molar-refractivity contribution in [2.75, 3.05) is 38.1 Å². The number of para-hydroxylation sites is 1. The molecule has 64 heavy (non-hydrogen) atoms. The van der Waals surface area contributed by atoms with Crippen molar-refractivity contribution >= 4 is 46.0 Å². The lowest BCUT2D eigenvalue weighted by Crippen LogP contribution is -2.58. The molecule has 0 unspecified atom stereocenters. The summed E-state index contributed by atoms with van der Waals surface area (Å²) in [5.41, 5.74) is 8.07.